The average molecular weight is 320 g/mol. The van der Waals surface area contributed by atoms with Crippen LogP contribution in [0.4, 0.5) is 0 Å². The van der Waals surface area contributed by atoms with Crippen molar-refractivity contribution in [1.82, 2.24) is 10.2 Å². The summed E-state index contributed by atoms with van der Waals surface area (Å²) in [5.41, 5.74) is 1.42. The molecule has 2 rings (SSSR count). The van der Waals surface area contributed by atoms with Crippen LogP contribution in [0.3, 0.4) is 0 Å². The van der Waals surface area contributed by atoms with Gasteiger partial charge in [0.05, 0.1) is 0 Å². The van der Waals surface area contributed by atoms with Crippen molar-refractivity contribution in [2.75, 3.05) is 32.7 Å². The standard InChI is InChI=1S/C13H19BrN2.ClH/c1-11(10-16-7-5-15-6-8-16)12-3-2-4-13(14)9-12;/h2-4,9,11,15H,5-8,10H2,1H3;1H. The fraction of sp³-hybridized carbons (Fsp3) is 0.538. The molecule has 2 nitrogen and oxygen atoms in total. The summed E-state index contributed by atoms with van der Waals surface area (Å²) >= 11 is 3.53. The maximum Gasteiger partial charge on any atom is 0.0178 e. The molecular formula is C13H20BrClN2. The van der Waals surface area contributed by atoms with E-state index in [1.165, 1.54) is 23.1 Å². The van der Waals surface area contributed by atoms with E-state index in [1.807, 2.05) is 0 Å². The first-order chi connectivity index (χ1) is 7.75. The summed E-state index contributed by atoms with van der Waals surface area (Å²) < 4.78 is 1.18. The highest BCUT2D eigenvalue weighted by Gasteiger charge is 2.14. The first-order valence-corrected chi connectivity index (χ1v) is 6.73. The van der Waals surface area contributed by atoms with E-state index in [2.05, 4.69) is 57.3 Å². The van der Waals surface area contributed by atoms with Gasteiger partial charge in [0.2, 0.25) is 0 Å². The number of rotatable bonds is 3. The predicted octanol–water partition coefficient (Wildman–Crippen LogP) is 2.88. The Morgan fingerprint density at radius 2 is 2.06 bits per heavy atom. The van der Waals surface area contributed by atoms with Gasteiger partial charge in [-0.1, -0.05) is 35.0 Å². The van der Waals surface area contributed by atoms with Gasteiger partial charge in [-0.15, -0.1) is 12.4 Å². The number of nitrogens with one attached hydrogen (secondary N) is 1. The maximum absolute atomic E-state index is 3.53. The molecule has 96 valence electrons. The van der Waals surface area contributed by atoms with Gasteiger partial charge in [-0.25, -0.2) is 0 Å². The SMILES string of the molecule is CC(CN1CCNCC1)c1cccc(Br)c1.Cl. The van der Waals surface area contributed by atoms with E-state index in [0.29, 0.717) is 5.92 Å². The molecular weight excluding hydrogens is 300 g/mol. The lowest BCUT2D eigenvalue weighted by molar-refractivity contribution is 0.230. The average Bonchev–Trinajstić information content (AvgIpc) is 2.30. The molecule has 0 spiro atoms. The molecule has 1 saturated heterocycles. The number of nitrogens with zero attached hydrogens (tertiary/aromatic N) is 1. The summed E-state index contributed by atoms with van der Waals surface area (Å²) in [5, 5.41) is 3.39. The van der Waals surface area contributed by atoms with Gasteiger partial charge in [-0.3, -0.25) is 0 Å². The second kappa shape index (κ2) is 7.37. The number of hydrogen-bond acceptors (Lipinski definition) is 2. The molecule has 1 N–H and O–H groups in total. The first-order valence-electron chi connectivity index (χ1n) is 5.94. The van der Waals surface area contributed by atoms with E-state index in [-0.39, 0.29) is 12.4 Å². The second-order valence-electron chi connectivity index (χ2n) is 4.51. The summed E-state index contributed by atoms with van der Waals surface area (Å²) in [4.78, 5) is 2.54. The highest BCUT2D eigenvalue weighted by atomic mass is 79.9. The van der Waals surface area contributed by atoms with Crippen molar-refractivity contribution in [2.45, 2.75) is 12.8 Å². The molecule has 1 heterocycles. The van der Waals surface area contributed by atoms with Gasteiger partial charge in [0, 0.05) is 37.2 Å². The molecule has 0 saturated carbocycles. The van der Waals surface area contributed by atoms with Crippen molar-refractivity contribution >= 4 is 28.3 Å². The van der Waals surface area contributed by atoms with Crippen LogP contribution in [0.1, 0.15) is 18.4 Å². The molecule has 1 aromatic carbocycles. The topological polar surface area (TPSA) is 15.3 Å². The molecule has 1 aromatic rings. The Balaban J connectivity index is 0.00000144. The summed E-state index contributed by atoms with van der Waals surface area (Å²) in [6, 6.07) is 8.65. The highest BCUT2D eigenvalue weighted by molar-refractivity contribution is 9.10. The third-order valence-electron chi connectivity index (χ3n) is 3.16. The van der Waals surface area contributed by atoms with Gasteiger partial charge < -0.3 is 10.2 Å². The number of benzene rings is 1. The Kier molecular flexibility index (Phi) is 6.49. The van der Waals surface area contributed by atoms with Gasteiger partial charge in [-0.2, -0.15) is 0 Å². The molecule has 4 heteroatoms. The molecule has 1 atom stereocenters. The predicted molar refractivity (Wildman–Crippen MR) is 79.1 cm³/mol. The van der Waals surface area contributed by atoms with E-state index in [1.54, 1.807) is 0 Å². The van der Waals surface area contributed by atoms with Crippen LogP contribution in [0.15, 0.2) is 28.7 Å². The lowest BCUT2D eigenvalue weighted by Crippen LogP contribution is -2.44. The molecule has 1 aliphatic rings. The minimum atomic E-state index is 0. The first kappa shape index (κ1) is 15.0. The maximum atomic E-state index is 3.53. The molecule has 1 unspecified atom stereocenters. The fourth-order valence-electron chi connectivity index (χ4n) is 2.20. The lowest BCUT2D eigenvalue weighted by atomic mass is 10.0. The van der Waals surface area contributed by atoms with E-state index in [9.17, 15) is 0 Å². The van der Waals surface area contributed by atoms with E-state index in [0.717, 1.165) is 19.6 Å². The van der Waals surface area contributed by atoms with E-state index < -0.39 is 0 Å². The molecule has 0 aliphatic carbocycles. The molecule has 17 heavy (non-hydrogen) atoms. The lowest BCUT2D eigenvalue weighted by Gasteiger charge is -2.29. The zero-order valence-electron chi connectivity index (χ0n) is 10.2. The van der Waals surface area contributed by atoms with Crippen molar-refractivity contribution in [3.05, 3.63) is 34.3 Å². The molecule has 0 aromatic heterocycles. The Morgan fingerprint density at radius 1 is 1.35 bits per heavy atom. The zero-order chi connectivity index (χ0) is 11.4. The van der Waals surface area contributed by atoms with Crippen molar-refractivity contribution in [3.63, 3.8) is 0 Å². The van der Waals surface area contributed by atoms with Crippen molar-refractivity contribution in [1.29, 1.82) is 0 Å². The summed E-state index contributed by atoms with van der Waals surface area (Å²) in [6.07, 6.45) is 0. The second-order valence-corrected chi connectivity index (χ2v) is 5.42. The molecule has 0 amide bonds. The quantitative estimate of drug-likeness (QED) is 0.921. The minimum absolute atomic E-state index is 0. The van der Waals surface area contributed by atoms with Gasteiger partial charge >= 0.3 is 0 Å². The smallest absolute Gasteiger partial charge is 0.0178 e. The number of halogens is 2. The minimum Gasteiger partial charge on any atom is -0.314 e. The van der Waals surface area contributed by atoms with Gasteiger partial charge in [-0.05, 0) is 23.6 Å². The Labute approximate surface area is 118 Å². The normalized spacial score (nSPS) is 18.5. The largest absolute Gasteiger partial charge is 0.314 e. The molecule has 0 bridgehead atoms. The third kappa shape index (κ3) is 4.59. The highest BCUT2D eigenvalue weighted by Crippen LogP contribution is 2.20. The van der Waals surface area contributed by atoms with Crippen molar-refractivity contribution < 1.29 is 0 Å². The Morgan fingerprint density at radius 3 is 2.71 bits per heavy atom. The van der Waals surface area contributed by atoms with E-state index >= 15 is 0 Å². The van der Waals surface area contributed by atoms with Crippen LogP contribution >= 0.6 is 28.3 Å². The van der Waals surface area contributed by atoms with E-state index in [4.69, 9.17) is 0 Å². The van der Waals surface area contributed by atoms with Gasteiger partial charge in [0.1, 0.15) is 0 Å². The summed E-state index contributed by atoms with van der Waals surface area (Å²) in [7, 11) is 0. The Hall–Kier alpha value is -0.0900. The monoisotopic (exact) mass is 318 g/mol. The number of piperazine rings is 1. The molecule has 1 fully saturated rings. The fourth-order valence-corrected chi connectivity index (χ4v) is 2.62. The summed E-state index contributed by atoms with van der Waals surface area (Å²) in [6.45, 7) is 8.09. The number of hydrogen-bond donors (Lipinski definition) is 1. The van der Waals surface area contributed by atoms with Crippen LogP contribution in [0, 0.1) is 0 Å². The Bertz CT molecular complexity index is 340. The van der Waals surface area contributed by atoms with Gasteiger partial charge in [0.25, 0.3) is 0 Å². The van der Waals surface area contributed by atoms with Crippen LogP contribution in [-0.2, 0) is 0 Å². The van der Waals surface area contributed by atoms with Crippen LogP contribution in [0.25, 0.3) is 0 Å². The van der Waals surface area contributed by atoms with Crippen molar-refractivity contribution in [3.8, 4) is 0 Å². The zero-order valence-corrected chi connectivity index (χ0v) is 12.6. The van der Waals surface area contributed by atoms with Gasteiger partial charge in [0.15, 0.2) is 0 Å². The van der Waals surface area contributed by atoms with Crippen LogP contribution in [-0.4, -0.2) is 37.6 Å². The van der Waals surface area contributed by atoms with Crippen LogP contribution < -0.4 is 5.32 Å². The molecule has 0 radical (unpaired) electrons. The molecule has 1 aliphatic heterocycles. The summed E-state index contributed by atoms with van der Waals surface area (Å²) in [5.74, 6) is 0.607. The van der Waals surface area contributed by atoms with Crippen LogP contribution in [0.5, 0.6) is 0 Å². The van der Waals surface area contributed by atoms with Crippen LogP contribution in [0.2, 0.25) is 0 Å². The third-order valence-corrected chi connectivity index (χ3v) is 3.65. The van der Waals surface area contributed by atoms with Crippen molar-refractivity contribution in [2.24, 2.45) is 0 Å².